The Morgan fingerprint density at radius 1 is 1.17 bits per heavy atom. The number of carbonyl (C=O) groups is 1. The molecule has 0 radical (unpaired) electrons. The van der Waals surface area contributed by atoms with Crippen LogP contribution in [0, 0.1) is 11.6 Å². The average Bonchev–Trinajstić information content (AvgIpc) is 3.32. The molecule has 0 saturated carbocycles. The fourth-order valence-corrected chi connectivity index (χ4v) is 2.96. The van der Waals surface area contributed by atoms with Crippen LogP contribution < -0.4 is 10.1 Å². The Morgan fingerprint density at radius 3 is 2.76 bits per heavy atom. The summed E-state index contributed by atoms with van der Waals surface area (Å²) in [7, 11) is 0. The predicted octanol–water partition coefficient (Wildman–Crippen LogP) is 4.60. The molecule has 0 saturated heterocycles. The quantitative estimate of drug-likeness (QED) is 0.480. The molecule has 9 heteroatoms. The van der Waals surface area contributed by atoms with Gasteiger partial charge in [-0.15, -0.1) is 0 Å². The molecule has 0 aliphatic carbocycles. The lowest BCUT2D eigenvalue weighted by molar-refractivity contribution is 0.0941. The van der Waals surface area contributed by atoms with Crippen molar-refractivity contribution in [3.8, 4) is 5.75 Å². The molecule has 2 heterocycles. The molecule has 2 aromatic heterocycles. The van der Waals surface area contributed by atoms with Gasteiger partial charge in [0.15, 0.2) is 28.8 Å². The highest BCUT2D eigenvalue weighted by atomic mass is 35.5. The van der Waals surface area contributed by atoms with Gasteiger partial charge in [-0.1, -0.05) is 22.8 Å². The van der Waals surface area contributed by atoms with Gasteiger partial charge in [0.05, 0.1) is 6.54 Å². The van der Waals surface area contributed by atoms with Crippen LogP contribution in [-0.2, 0) is 13.2 Å². The molecule has 0 bridgehead atoms. The molecule has 0 fully saturated rings. The second-order valence-corrected chi connectivity index (χ2v) is 6.66. The van der Waals surface area contributed by atoms with Crippen LogP contribution in [0.25, 0.3) is 10.9 Å². The second-order valence-electron chi connectivity index (χ2n) is 6.23. The van der Waals surface area contributed by atoms with E-state index in [2.05, 4.69) is 15.5 Å². The Kier molecular flexibility index (Phi) is 5.18. The van der Waals surface area contributed by atoms with Crippen molar-refractivity contribution in [1.29, 1.82) is 0 Å². The van der Waals surface area contributed by atoms with Gasteiger partial charge < -0.3 is 19.6 Å². The lowest BCUT2D eigenvalue weighted by atomic mass is 10.2. The highest BCUT2D eigenvalue weighted by Crippen LogP contribution is 2.22. The Bertz CT molecular complexity index is 1170. The molecular weight excluding hydrogens is 404 g/mol. The highest BCUT2D eigenvalue weighted by molar-refractivity contribution is 6.31. The van der Waals surface area contributed by atoms with Gasteiger partial charge in [0, 0.05) is 27.7 Å². The normalized spacial score (nSPS) is 11.0. The summed E-state index contributed by atoms with van der Waals surface area (Å²) in [5.41, 5.74) is 1.72. The van der Waals surface area contributed by atoms with Gasteiger partial charge in [-0.05, 0) is 36.4 Å². The maximum atomic E-state index is 13.6. The number of aromatic amines is 1. The Labute approximate surface area is 168 Å². The molecule has 0 aliphatic heterocycles. The van der Waals surface area contributed by atoms with Gasteiger partial charge in [-0.2, -0.15) is 0 Å². The van der Waals surface area contributed by atoms with Crippen molar-refractivity contribution < 1.29 is 22.8 Å². The first-order valence-electron chi connectivity index (χ1n) is 8.57. The molecule has 2 aromatic carbocycles. The Hall–Kier alpha value is -3.39. The predicted molar refractivity (Wildman–Crippen MR) is 102 cm³/mol. The first-order chi connectivity index (χ1) is 14.0. The largest absolute Gasteiger partial charge is 0.479 e. The molecule has 0 aliphatic rings. The summed E-state index contributed by atoms with van der Waals surface area (Å²) >= 11 is 5.97. The molecule has 0 spiro atoms. The zero-order chi connectivity index (χ0) is 20.4. The number of hydrogen-bond acceptors (Lipinski definition) is 4. The number of halogens is 3. The van der Waals surface area contributed by atoms with Gasteiger partial charge >= 0.3 is 0 Å². The van der Waals surface area contributed by atoms with E-state index in [4.69, 9.17) is 20.9 Å². The SMILES string of the molecule is O=C(NCc1cc2cc(Cl)ccc2[nH]1)c1cc(COc2c(F)cccc2F)on1. The number of fused-ring (bicyclic) bond motifs is 1. The molecule has 0 atom stereocenters. The molecule has 148 valence electrons. The number of rotatable bonds is 6. The molecule has 4 rings (SSSR count). The number of aromatic nitrogens is 2. The van der Waals surface area contributed by atoms with E-state index in [-0.39, 0.29) is 24.6 Å². The van der Waals surface area contributed by atoms with E-state index in [1.807, 2.05) is 18.2 Å². The van der Waals surface area contributed by atoms with Crippen molar-refractivity contribution in [2.24, 2.45) is 0 Å². The van der Waals surface area contributed by atoms with E-state index >= 15 is 0 Å². The summed E-state index contributed by atoms with van der Waals surface area (Å²) in [6, 6.07) is 12.1. The van der Waals surface area contributed by atoms with Gasteiger partial charge in [0.2, 0.25) is 0 Å². The van der Waals surface area contributed by atoms with Crippen LogP contribution in [0.3, 0.4) is 0 Å². The number of H-pyrrole nitrogens is 1. The Balaban J connectivity index is 1.36. The van der Waals surface area contributed by atoms with Crippen LogP contribution in [0.2, 0.25) is 5.02 Å². The third kappa shape index (κ3) is 4.22. The van der Waals surface area contributed by atoms with E-state index in [1.165, 1.54) is 12.1 Å². The zero-order valence-corrected chi connectivity index (χ0v) is 15.6. The number of amides is 1. The van der Waals surface area contributed by atoms with E-state index < -0.39 is 23.3 Å². The smallest absolute Gasteiger partial charge is 0.273 e. The molecule has 6 nitrogen and oxygen atoms in total. The van der Waals surface area contributed by atoms with E-state index in [0.29, 0.717) is 5.02 Å². The third-order valence-corrected chi connectivity index (χ3v) is 4.38. The topological polar surface area (TPSA) is 80.2 Å². The van der Waals surface area contributed by atoms with Crippen LogP contribution in [-0.4, -0.2) is 16.0 Å². The van der Waals surface area contributed by atoms with Crippen molar-refractivity contribution in [2.75, 3.05) is 0 Å². The maximum Gasteiger partial charge on any atom is 0.273 e. The first kappa shape index (κ1) is 18.9. The van der Waals surface area contributed by atoms with Gasteiger partial charge in [0.1, 0.15) is 6.61 Å². The second kappa shape index (κ2) is 7.92. The van der Waals surface area contributed by atoms with Crippen LogP contribution in [0.1, 0.15) is 21.9 Å². The summed E-state index contributed by atoms with van der Waals surface area (Å²) in [4.78, 5) is 15.4. The average molecular weight is 418 g/mol. The molecule has 29 heavy (non-hydrogen) atoms. The van der Waals surface area contributed by atoms with Crippen LogP contribution >= 0.6 is 11.6 Å². The summed E-state index contributed by atoms with van der Waals surface area (Å²) in [5, 5.41) is 7.93. The van der Waals surface area contributed by atoms with Crippen molar-refractivity contribution in [2.45, 2.75) is 13.2 Å². The zero-order valence-electron chi connectivity index (χ0n) is 14.8. The van der Waals surface area contributed by atoms with Crippen molar-refractivity contribution in [3.05, 3.63) is 82.3 Å². The standard InChI is InChI=1S/C20H14ClF2N3O3/c21-12-4-5-17-11(6-12)7-13(25-17)9-24-20(27)18-8-14(29-26-18)10-28-19-15(22)2-1-3-16(19)23/h1-8,25H,9-10H2,(H,24,27). The molecule has 2 N–H and O–H groups in total. The minimum Gasteiger partial charge on any atom is -0.479 e. The lowest BCUT2D eigenvalue weighted by Crippen LogP contribution is -2.23. The monoisotopic (exact) mass is 417 g/mol. The van der Waals surface area contributed by atoms with E-state index in [9.17, 15) is 13.6 Å². The number of hydrogen-bond donors (Lipinski definition) is 2. The summed E-state index contributed by atoms with van der Waals surface area (Å²) in [5.74, 6) is -2.50. The highest BCUT2D eigenvalue weighted by Gasteiger charge is 2.15. The fourth-order valence-electron chi connectivity index (χ4n) is 2.78. The van der Waals surface area contributed by atoms with Crippen molar-refractivity contribution in [1.82, 2.24) is 15.5 Å². The molecule has 0 unspecified atom stereocenters. The Morgan fingerprint density at radius 2 is 1.97 bits per heavy atom. The summed E-state index contributed by atoms with van der Waals surface area (Å²) in [6.07, 6.45) is 0. The van der Waals surface area contributed by atoms with E-state index in [1.54, 1.807) is 6.07 Å². The first-order valence-corrected chi connectivity index (χ1v) is 8.95. The van der Waals surface area contributed by atoms with E-state index in [0.717, 1.165) is 28.7 Å². The number of benzene rings is 2. The van der Waals surface area contributed by atoms with Gasteiger partial charge in [0.25, 0.3) is 5.91 Å². The maximum absolute atomic E-state index is 13.6. The van der Waals surface area contributed by atoms with Crippen molar-refractivity contribution in [3.63, 3.8) is 0 Å². The van der Waals surface area contributed by atoms with Crippen LogP contribution in [0.5, 0.6) is 5.75 Å². The number of ether oxygens (including phenoxy) is 1. The number of nitrogens with one attached hydrogen (secondary N) is 2. The number of carbonyl (C=O) groups excluding carboxylic acids is 1. The lowest BCUT2D eigenvalue weighted by Gasteiger charge is -2.05. The van der Waals surface area contributed by atoms with Crippen molar-refractivity contribution >= 4 is 28.4 Å². The molecule has 4 aromatic rings. The fraction of sp³-hybridized carbons (Fsp3) is 0.100. The van der Waals surface area contributed by atoms with Gasteiger partial charge in [-0.25, -0.2) is 8.78 Å². The minimum absolute atomic E-state index is 0.0248. The van der Waals surface area contributed by atoms with Crippen LogP contribution in [0.4, 0.5) is 8.78 Å². The molecule has 1 amide bonds. The number of nitrogens with zero attached hydrogens (tertiary/aromatic N) is 1. The molecular formula is C20H14ClF2N3O3. The third-order valence-electron chi connectivity index (χ3n) is 4.15. The van der Waals surface area contributed by atoms with Crippen LogP contribution in [0.15, 0.2) is 53.1 Å². The number of para-hydroxylation sites is 1. The van der Waals surface area contributed by atoms with Gasteiger partial charge in [-0.3, -0.25) is 4.79 Å². The summed E-state index contributed by atoms with van der Waals surface area (Å²) in [6.45, 7) is -0.0365. The summed E-state index contributed by atoms with van der Waals surface area (Å²) < 4.78 is 37.2. The minimum atomic E-state index is -0.831.